The van der Waals surface area contributed by atoms with Gasteiger partial charge < -0.3 is 9.80 Å². The lowest BCUT2D eigenvalue weighted by Crippen LogP contribution is -2.41. The standard InChI is InChI=1S/C15H26N4OS/c1-11(2)12-16-14(21-17-12)19-8-6-7-18(9-10-19)13(20)15(3,4)5/h11H,6-10H2,1-5H3. The minimum atomic E-state index is -0.303. The van der Waals surface area contributed by atoms with Gasteiger partial charge >= 0.3 is 0 Å². The maximum Gasteiger partial charge on any atom is 0.228 e. The summed E-state index contributed by atoms with van der Waals surface area (Å²) < 4.78 is 4.42. The second-order valence-electron chi connectivity index (χ2n) is 6.97. The van der Waals surface area contributed by atoms with E-state index in [1.54, 1.807) is 0 Å². The Bertz CT molecular complexity index is 492. The van der Waals surface area contributed by atoms with E-state index in [-0.39, 0.29) is 11.3 Å². The van der Waals surface area contributed by atoms with Gasteiger partial charge in [-0.3, -0.25) is 4.79 Å². The fraction of sp³-hybridized carbons (Fsp3) is 0.800. The zero-order valence-corrected chi connectivity index (χ0v) is 14.5. The third kappa shape index (κ3) is 3.93. The Balaban J connectivity index is 2.02. The van der Waals surface area contributed by atoms with Crippen LogP contribution < -0.4 is 4.90 Å². The van der Waals surface area contributed by atoms with E-state index < -0.39 is 0 Å². The van der Waals surface area contributed by atoms with Crippen LogP contribution >= 0.6 is 11.5 Å². The summed E-state index contributed by atoms with van der Waals surface area (Å²) in [5.74, 6) is 1.52. The summed E-state index contributed by atoms with van der Waals surface area (Å²) in [5, 5.41) is 0.990. The monoisotopic (exact) mass is 310 g/mol. The summed E-state index contributed by atoms with van der Waals surface area (Å²) in [7, 11) is 0. The van der Waals surface area contributed by atoms with E-state index in [0.29, 0.717) is 5.92 Å². The molecule has 1 fully saturated rings. The van der Waals surface area contributed by atoms with Gasteiger partial charge in [0.25, 0.3) is 0 Å². The second-order valence-corrected chi connectivity index (χ2v) is 7.70. The number of aromatic nitrogens is 2. The van der Waals surface area contributed by atoms with Gasteiger partial charge in [0.1, 0.15) is 5.82 Å². The molecule has 1 aromatic heterocycles. The van der Waals surface area contributed by atoms with E-state index >= 15 is 0 Å². The molecule has 2 heterocycles. The fourth-order valence-electron chi connectivity index (χ4n) is 2.38. The summed E-state index contributed by atoms with van der Waals surface area (Å²) >= 11 is 1.47. The van der Waals surface area contributed by atoms with Crippen LogP contribution in [0.4, 0.5) is 5.13 Å². The number of carbonyl (C=O) groups excluding carboxylic acids is 1. The zero-order chi connectivity index (χ0) is 15.6. The van der Waals surface area contributed by atoms with Crippen LogP contribution in [-0.2, 0) is 4.79 Å². The average Bonchev–Trinajstić information content (AvgIpc) is 2.76. The highest BCUT2D eigenvalue weighted by atomic mass is 32.1. The summed E-state index contributed by atoms with van der Waals surface area (Å²) in [4.78, 5) is 21.3. The van der Waals surface area contributed by atoms with Crippen molar-refractivity contribution in [3.05, 3.63) is 5.82 Å². The molecule has 6 heteroatoms. The summed E-state index contributed by atoms with van der Waals surface area (Å²) in [6, 6.07) is 0. The molecule has 1 aliphatic rings. The molecule has 1 aromatic rings. The number of anilines is 1. The molecule has 118 valence electrons. The van der Waals surface area contributed by atoms with Gasteiger partial charge in [-0.2, -0.15) is 4.37 Å². The number of rotatable bonds is 2. The molecule has 0 saturated carbocycles. The van der Waals surface area contributed by atoms with E-state index in [1.165, 1.54) is 11.5 Å². The first kappa shape index (κ1) is 16.2. The highest BCUT2D eigenvalue weighted by Gasteiger charge is 2.29. The van der Waals surface area contributed by atoms with Gasteiger partial charge in [0, 0.05) is 49.0 Å². The Hall–Kier alpha value is -1.17. The van der Waals surface area contributed by atoms with Gasteiger partial charge in [-0.25, -0.2) is 4.98 Å². The van der Waals surface area contributed by atoms with Crippen molar-refractivity contribution in [2.24, 2.45) is 5.41 Å². The largest absolute Gasteiger partial charge is 0.345 e. The van der Waals surface area contributed by atoms with Gasteiger partial charge in [0.15, 0.2) is 0 Å². The number of hydrogen-bond acceptors (Lipinski definition) is 5. The molecule has 2 rings (SSSR count). The van der Waals surface area contributed by atoms with Crippen molar-refractivity contribution in [3.63, 3.8) is 0 Å². The molecule has 0 spiro atoms. The molecule has 5 nitrogen and oxygen atoms in total. The summed E-state index contributed by atoms with van der Waals surface area (Å²) in [6.45, 7) is 13.6. The minimum absolute atomic E-state index is 0.240. The minimum Gasteiger partial charge on any atom is -0.345 e. The van der Waals surface area contributed by atoms with Crippen LogP contribution in [0.2, 0.25) is 0 Å². The van der Waals surface area contributed by atoms with Gasteiger partial charge in [-0.05, 0) is 6.42 Å². The van der Waals surface area contributed by atoms with E-state index in [4.69, 9.17) is 0 Å². The Morgan fingerprint density at radius 2 is 1.90 bits per heavy atom. The molecular formula is C15H26N4OS. The molecule has 0 atom stereocenters. The summed E-state index contributed by atoms with van der Waals surface area (Å²) in [5.41, 5.74) is -0.303. The van der Waals surface area contributed by atoms with Crippen LogP contribution in [-0.4, -0.2) is 46.3 Å². The lowest BCUT2D eigenvalue weighted by atomic mass is 9.94. The topological polar surface area (TPSA) is 49.3 Å². The number of hydrogen-bond donors (Lipinski definition) is 0. The molecule has 1 saturated heterocycles. The van der Waals surface area contributed by atoms with Crippen LogP contribution in [0.5, 0.6) is 0 Å². The van der Waals surface area contributed by atoms with E-state index in [2.05, 4.69) is 28.1 Å². The molecular weight excluding hydrogens is 284 g/mol. The van der Waals surface area contributed by atoms with Crippen molar-refractivity contribution in [2.75, 3.05) is 31.1 Å². The lowest BCUT2D eigenvalue weighted by molar-refractivity contribution is -0.139. The van der Waals surface area contributed by atoms with Crippen molar-refractivity contribution in [3.8, 4) is 0 Å². The first-order valence-electron chi connectivity index (χ1n) is 7.67. The van der Waals surface area contributed by atoms with Crippen molar-refractivity contribution in [1.29, 1.82) is 0 Å². The maximum atomic E-state index is 12.4. The molecule has 0 N–H and O–H groups in total. The van der Waals surface area contributed by atoms with Gasteiger partial charge in [-0.1, -0.05) is 34.6 Å². The van der Waals surface area contributed by atoms with E-state index in [1.807, 2.05) is 25.7 Å². The maximum absolute atomic E-state index is 12.4. The predicted octanol–water partition coefficient (Wildman–Crippen LogP) is 2.75. The van der Waals surface area contributed by atoms with Crippen molar-refractivity contribution < 1.29 is 4.79 Å². The molecule has 1 aliphatic heterocycles. The van der Waals surface area contributed by atoms with Crippen molar-refractivity contribution >= 4 is 22.6 Å². The third-order valence-electron chi connectivity index (χ3n) is 3.64. The Kier molecular flexibility index (Phi) is 4.86. The van der Waals surface area contributed by atoms with Gasteiger partial charge in [0.2, 0.25) is 11.0 Å². The quantitative estimate of drug-likeness (QED) is 0.843. The fourth-order valence-corrected chi connectivity index (χ4v) is 3.23. The Labute approximate surface area is 131 Å². The van der Waals surface area contributed by atoms with Crippen LogP contribution in [0.15, 0.2) is 0 Å². The molecule has 0 unspecified atom stereocenters. The molecule has 21 heavy (non-hydrogen) atoms. The van der Waals surface area contributed by atoms with Gasteiger partial charge in [0.05, 0.1) is 0 Å². The van der Waals surface area contributed by atoms with E-state index in [0.717, 1.165) is 43.6 Å². The SMILES string of the molecule is CC(C)c1nsc(N2CCCN(C(=O)C(C)(C)C)CC2)n1. The normalized spacial score (nSPS) is 17.2. The van der Waals surface area contributed by atoms with Crippen LogP contribution in [0.1, 0.15) is 52.8 Å². The molecule has 0 aromatic carbocycles. The highest BCUT2D eigenvalue weighted by Crippen LogP contribution is 2.24. The number of nitrogens with zero attached hydrogens (tertiary/aromatic N) is 4. The molecule has 0 bridgehead atoms. The first-order chi connectivity index (χ1) is 9.79. The smallest absolute Gasteiger partial charge is 0.228 e. The molecule has 0 radical (unpaired) electrons. The van der Waals surface area contributed by atoms with Crippen molar-refractivity contribution in [1.82, 2.24) is 14.3 Å². The Morgan fingerprint density at radius 3 is 2.48 bits per heavy atom. The second kappa shape index (κ2) is 6.30. The average molecular weight is 310 g/mol. The van der Waals surface area contributed by atoms with Gasteiger partial charge in [-0.15, -0.1) is 0 Å². The zero-order valence-electron chi connectivity index (χ0n) is 13.7. The van der Waals surface area contributed by atoms with Crippen LogP contribution in [0.25, 0.3) is 0 Å². The van der Waals surface area contributed by atoms with Crippen LogP contribution in [0, 0.1) is 5.41 Å². The third-order valence-corrected chi connectivity index (χ3v) is 4.43. The van der Waals surface area contributed by atoms with Crippen LogP contribution in [0.3, 0.4) is 0 Å². The predicted molar refractivity (Wildman–Crippen MR) is 86.9 cm³/mol. The molecule has 1 amide bonds. The first-order valence-corrected chi connectivity index (χ1v) is 8.44. The Morgan fingerprint density at radius 1 is 1.19 bits per heavy atom. The number of carbonyl (C=O) groups is 1. The molecule has 0 aliphatic carbocycles. The lowest BCUT2D eigenvalue weighted by Gasteiger charge is -2.28. The van der Waals surface area contributed by atoms with Crippen molar-refractivity contribution in [2.45, 2.75) is 47.0 Å². The summed E-state index contributed by atoms with van der Waals surface area (Å²) in [6.07, 6.45) is 0.985. The highest BCUT2D eigenvalue weighted by molar-refractivity contribution is 7.09. The van der Waals surface area contributed by atoms with E-state index in [9.17, 15) is 4.79 Å². The number of amides is 1.